The summed E-state index contributed by atoms with van der Waals surface area (Å²) in [6, 6.07) is 30.7. The van der Waals surface area contributed by atoms with Gasteiger partial charge >= 0.3 is 0 Å². The van der Waals surface area contributed by atoms with E-state index in [1.807, 2.05) is 42.5 Å². The van der Waals surface area contributed by atoms with E-state index in [1.165, 1.54) is 11.1 Å². The second-order valence-electron chi connectivity index (χ2n) is 7.03. The number of aryl methyl sites for hydroxylation is 1. The van der Waals surface area contributed by atoms with Crippen molar-refractivity contribution in [3.05, 3.63) is 108 Å². The van der Waals surface area contributed by atoms with Gasteiger partial charge < -0.3 is 5.32 Å². The SMILES string of the molecule is O=C1N[C@@H](c2ccccc2)[C@H](c2ccccc2)N[C@H]1CCc1ccccc1. The standard InChI is InChI=1S/C24H24N2O/c27-24-21(17-16-18-10-4-1-5-11-18)25-22(19-12-6-2-7-13-19)23(26-24)20-14-8-3-9-15-20/h1-15,21-23,25H,16-17H2,(H,26,27)/t21-,22-,23-/m0/s1. The maximum Gasteiger partial charge on any atom is 0.237 e. The Hall–Kier alpha value is -2.91. The van der Waals surface area contributed by atoms with Crippen LogP contribution in [0.25, 0.3) is 0 Å². The maximum atomic E-state index is 12.8. The van der Waals surface area contributed by atoms with Crippen LogP contribution in [-0.2, 0) is 11.2 Å². The van der Waals surface area contributed by atoms with Crippen molar-refractivity contribution in [2.75, 3.05) is 0 Å². The summed E-state index contributed by atoms with van der Waals surface area (Å²) in [5.41, 5.74) is 3.57. The molecule has 27 heavy (non-hydrogen) atoms. The molecule has 3 nitrogen and oxygen atoms in total. The van der Waals surface area contributed by atoms with Crippen molar-refractivity contribution >= 4 is 5.91 Å². The molecule has 3 aromatic carbocycles. The summed E-state index contributed by atoms with van der Waals surface area (Å²) in [7, 11) is 0. The van der Waals surface area contributed by atoms with Gasteiger partial charge in [-0.15, -0.1) is 0 Å². The number of hydrogen-bond acceptors (Lipinski definition) is 2. The zero-order valence-corrected chi connectivity index (χ0v) is 15.2. The van der Waals surface area contributed by atoms with Gasteiger partial charge in [-0.25, -0.2) is 0 Å². The maximum absolute atomic E-state index is 12.8. The number of benzene rings is 3. The predicted molar refractivity (Wildman–Crippen MR) is 108 cm³/mol. The third-order valence-corrected chi connectivity index (χ3v) is 5.21. The Morgan fingerprint density at radius 1 is 0.667 bits per heavy atom. The molecule has 3 aromatic rings. The number of carbonyl (C=O) groups excluding carboxylic acids is 1. The molecular weight excluding hydrogens is 332 g/mol. The molecule has 0 unspecified atom stereocenters. The van der Waals surface area contributed by atoms with Gasteiger partial charge in [0.25, 0.3) is 0 Å². The van der Waals surface area contributed by atoms with Crippen LogP contribution < -0.4 is 10.6 Å². The van der Waals surface area contributed by atoms with Gasteiger partial charge in [0.15, 0.2) is 0 Å². The second kappa shape index (κ2) is 8.19. The number of amides is 1. The molecular formula is C24H24N2O. The molecule has 1 aliphatic heterocycles. The van der Waals surface area contributed by atoms with E-state index in [1.54, 1.807) is 0 Å². The molecule has 1 heterocycles. The molecule has 0 bridgehead atoms. The fourth-order valence-corrected chi connectivity index (χ4v) is 3.78. The van der Waals surface area contributed by atoms with E-state index >= 15 is 0 Å². The van der Waals surface area contributed by atoms with Gasteiger partial charge in [0.05, 0.1) is 18.1 Å². The van der Waals surface area contributed by atoms with Crippen molar-refractivity contribution in [2.24, 2.45) is 0 Å². The lowest BCUT2D eigenvalue weighted by Crippen LogP contribution is -2.56. The van der Waals surface area contributed by atoms with Crippen molar-refractivity contribution in [3.8, 4) is 0 Å². The Bertz CT molecular complexity index is 865. The molecule has 0 aliphatic carbocycles. The highest BCUT2D eigenvalue weighted by Gasteiger charge is 2.36. The van der Waals surface area contributed by atoms with Crippen LogP contribution in [0.4, 0.5) is 0 Å². The fourth-order valence-electron chi connectivity index (χ4n) is 3.78. The van der Waals surface area contributed by atoms with Crippen molar-refractivity contribution in [1.82, 2.24) is 10.6 Å². The number of nitrogens with one attached hydrogen (secondary N) is 2. The Kier molecular flexibility index (Phi) is 5.31. The van der Waals surface area contributed by atoms with Gasteiger partial charge in [-0.05, 0) is 29.5 Å². The normalized spacial score (nSPS) is 22.2. The van der Waals surface area contributed by atoms with Crippen molar-refractivity contribution < 1.29 is 4.79 Å². The molecule has 1 saturated heterocycles. The molecule has 4 rings (SSSR count). The van der Waals surface area contributed by atoms with Gasteiger partial charge in [-0.1, -0.05) is 91.0 Å². The summed E-state index contributed by atoms with van der Waals surface area (Å²) < 4.78 is 0. The summed E-state index contributed by atoms with van der Waals surface area (Å²) >= 11 is 0. The van der Waals surface area contributed by atoms with E-state index < -0.39 is 0 Å². The molecule has 0 aromatic heterocycles. The van der Waals surface area contributed by atoms with E-state index in [0.717, 1.165) is 18.4 Å². The van der Waals surface area contributed by atoms with Crippen LogP contribution in [0.5, 0.6) is 0 Å². The Morgan fingerprint density at radius 3 is 1.78 bits per heavy atom. The average molecular weight is 356 g/mol. The van der Waals surface area contributed by atoms with Crippen LogP contribution in [0.3, 0.4) is 0 Å². The predicted octanol–water partition coefficient (Wildman–Crippen LogP) is 4.19. The van der Waals surface area contributed by atoms with Crippen LogP contribution in [0, 0.1) is 0 Å². The highest BCUT2D eigenvalue weighted by atomic mass is 16.2. The van der Waals surface area contributed by atoms with E-state index in [-0.39, 0.29) is 24.0 Å². The van der Waals surface area contributed by atoms with E-state index in [4.69, 9.17) is 0 Å². The zero-order valence-electron chi connectivity index (χ0n) is 15.2. The summed E-state index contributed by atoms with van der Waals surface area (Å²) in [5.74, 6) is 0.0759. The molecule has 1 amide bonds. The Balaban J connectivity index is 1.56. The first-order valence-electron chi connectivity index (χ1n) is 9.51. The minimum atomic E-state index is -0.199. The first kappa shape index (κ1) is 17.5. The molecule has 136 valence electrons. The molecule has 0 saturated carbocycles. The molecule has 0 spiro atoms. The Labute approximate surface area is 160 Å². The topological polar surface area (TPSA) is 41.1 Å². The smallest absolute Gasteiger partial charge is 0.237 e. The lowest BCUT2D eigenvalue weighted by molar-refractivity contribution is -0.126. The van der Waals surface area contributed by atoms with Crippen LogP contribution in [0.15, 0.2) is 91.0 Å². The van der Waals surface area contributed by atoms with E-state index in [2.05, 4.69) is 59.2 Å². The minimum Gasteiger partial charge on any atom is -0.346 e. The van der Waals surface area contributed by atoms with Gasteiger partial charge in [0, 0.05) is 0 Å². The first-order chi connectivity index (χ1) is 13.3. The van der Waals surface area contributed by atoms with Gasteiger partial charge in [-0.2, -0.15) is 0 Å². The number of hydrogen-bond donors (Lipinski definition) is 2. The zero-order chi connectivity index (χ0) is 18.5. The monoisotopic (exact) mass is 356 g/mol. The van der Waals surface area contributed by atoms with Gasteiger partial charge in [0.2, 0.25) is 5.91 Å². The highest BCUT2D eigenvalue weighted by Crippen LogP contribution is 2.32. The minimum absolute atomic E-state index is 0.0482. The molecule has 3 heteroatoms. The molecule has 2 N–H and O–H groups in total. The lowest BCUT2D eigenvalue weighted by atomic mass is 9.89. The van der Waals surface area contributed by atoms with Crippen LogP contribution in [0.1, 0.15) is 35.2 Å². The van der Waals surface area contributed by atoms with Crippen LogP contribution >= 0.6 is 0 Å². The molecule has 1 fully saturated rings. The third kappa shape index (κ3) is 4.09. The van der Waals surface area contributed by atoms with Crippen molar-refractivity contribution in [3.63, 3.8) is 0 Å². The van der Waals surface area contributed by atoms with E-state index in [9.17, 15) is 4.79 Å². The van der Waals surface area contributed by atoms with Gasteiger partial charge in [0.1, 0.15) is 0 Å². The summed E-state index contributed by atoms with van der Waals surface area (Å²) in [4.78, 5) is 12.8. The van der Waals surface area contributed by atoms with Crippen molar-refractivity contribution in [1.29, 1.82) is 0 Å². The van der Waals surface area contributed by atoms with Crippen molar-refractivity contribution in [2.45, 2.75) is 31.0 Å². The van der Waals surface area contributed by atoms with Crippen LogP contribution in [0.2, 0.25) is 0 Å². The number of piperazine rings is 1. The average Bonchev–Trinajstić information content (AvgIpc) is 2.74. The Morgan fingerprint density at radius 2 is 1.19 bits per heavy atom. The first-order valence-corrected chi connectivity index (χ1v) is 9.51. The molecule has 1 aliphatic rings. The third-order valence-electron chi connectivity index (χ3n) is 5.21. The highest BCUT2D eigenvalue weighted by molar-refractivity contribution is 5.83. The lowest BCUT2D eigenvalue weighted by Gasteiger charge is -2.38. The number of rotatable bonds is 5. The summed E-state index contributed by atoms with van der Waals surface area (Å²) in [6.45, 7) is 0. The summed E-state index contributed by atoms with van der Waals surface area (Å²) in [5, 5.41) is 6.89. The second-order valence-corrected chi connectivity index (χ2v) is 7.03. The van der Waals surface area contributed by atoms with E-state index in [0.29, 0.717) is 0 Å². The molecule has 3 atom stereocenters. The van der Waals surface area contributed by atoms with Gasteiger partial charge in [-0.3, -0.25) is 10.1 Å². The largest absolute Gasteiger partial charge is 0.346 e. The molecule has 0 radical (unpaired) electrons. The quantitative estimate of drug-likeness (QED) is 0.720. The van der Waals surface area contributed by atoms with Crippen LogP contribution in [-0.4, -0.2) is 11.9 Å². The number of carbonyl (C=O) groups is 1. The fraction of sp³-hybridized carbons (Fsp3) is 0.208. The summed E-state index contributed by atoms with van der Waals surface area (Å²) in [6.07, 6.45) is 1.66.